The quantitative estimate of drug-likeness (QED) is 0.795. The molecule has 1 N–H and O–H groups in total. The lowest BCUT2D eigenvalue weighted by atomic mass is 9.94. The van der Waals surface area contributed by atoms with E-state index in [1.165, 1.54) is 0 Å². The molecule has 0 unspecified atom stereocenters. The van der Waals surface area contributed by atoms with Crippen LogP contribution in [0.5, 0.6) is 0 Å². The first-order valence-electron chi connectivity index (χ1n) is 6.14. The molecule has 5 heteroatoms. The van der Waals surface area contributed by atoms with Crippen LogP contribution in [0.1, 0.15) is 29.2 Å². The molecule has 1 aromatic rings. The second-order valence-electron chi connectivity index (χ2n) is 4.93. The summed E-state index contributed by atoms with van der Waals surface area (Å²) in [5, 5.41) is 10.4. The molecule has 2 heterocycles. The summed E-state index contributed by atoms with van der Waals surface area (Å²) < 4.78 is 10.6. The van der Waals surface area contributed by atoms with Crippen molar-refractivity contribution < 1.29 is 19.1 Å². The number of hydrogen-bond donors (Lipinski definition) is 1. The number of carbonyl (C=O) groups excluding carboxylic acids is 1. The lowest BCUT2D eigenvalue weighted by Gasteiger charge is -2.35. The van der Waals surface area contributed by atoms with Gasteiger partial charge in [0.05, 0.1) is 12.1 Å². The Bertz CT molecular complexity index is 395. The third-order valence-electron chi connectivity index (χ3n) is 3.21. The van der Waals surface area contributed by atoms with E-state index < -0.39 is 5.60 Å². The average Bonchev–Trinajstić information content (AvgIpc) is 2.76. The SMILES string of the molecule is CN(Cc1ccc(C=O)o1)CC1(O)CCOCC1. The molecule has 0 radical (unpaired) electrons. The first kappa shape index (κ1) is 13.3. The normalized spacial score (nSPS) is 19.1. The molecular weight excluding hydrogens is 234 g/mol. The van der Waals surface area contributed by atoms with Crippen LogP contribution in [0.4, 0.5) is 0 Å². The molecule has 0 amide bonds. The van der Waals surface area contributed by atoms with E-state index in [1.807, 2.05) is 11.9 Å². The Morgan fingerprint density at radius 3 is 2.78 bits per heavy atom. The molecule has 18 heavy (non-hydrogen) atoms. The maximum atomic E-state index is 10.5. The van der Waals surface area contributed by atoms with Gasteiger partial charge in [-0.15, -0.1) is 0 Å². The lowest BCUT2D eigenvalue weighted by Crippen LogP contribution is -2.45. The molecule has 1 aliphatic heterocycles. The summed E-state index contributed by atoms with van der Waals surface area (Å²) in [6.45, 7) is 2.38. The van der Waals surface area contributed by atoms with Crippen LogP contribution in [0.3, 0.4) is 0 Å². The Labute approximate surface area is 106 Å². The molecular formula is C13H19NO4. The van der Waals surface area contributed by atoms with Gasteiger partial charge in [0.25, 0.3) is 0 Å². The summed E-state index contributed by atoms with van der Waals surface area (Å²) in [6.07, 6.45) is 2.01. The van der Waals surface area contributed by atoms with Gasteiger partial charge in [-0.25, -0.2) is 0 Å². The van der Waals surface area contributed by atoms with Gasteiger partial charge in [-0.05, 0) is 19.2 Å². The van der Waals surface area contributed by atoms with Crippen molar-refractivity contribution in [3.63, 3.8) is 0 Å². The van der Waals surface area contributed by atoms with Crippen molar-refractivity contribution in [2.75, 3.05) is 26.8 Å². The zero-order chi connectivity index (χ0) is 13.0. The topological polar surface area (TPSA) is 62.9 Å². The van der Waals surface area contributed by atoms with Crippen LogP contribution in [0, 0.1) is 0 Å². The number of furan rings is 1. The molecule has 1 aromatic heterocycles. The zero-order valence-corrected chi connectivity index (χ0v) is 10.6. The third kappa shape index (κ3) is 3.41. The monoisotopic (exact) mass is 253 g/mol. The van der Waals surface area contributed by atoms with Crippen molar-refractivity contribution in [1.82, 2.24) is 4.90 Å². The van der Waals surface area contributed by atoms with Gasteiger partial charge in [-0.3, -0.25) is 9.69 Å². The van der Waals surface area contributed by atoms with Crippen molar-refractivity contribution in [2.24, 2.45) is 0 Å². The summed E-state index contributed by atoms with van der Waals surface area (Å²) in [6, 6.07) is 3.44. The van der Waals surface area contributed by atoms with E-state index in [4.69, 9.17) is 9.15 Å². The summed E-state index contributed by atoms with van der Waals surface area (Å²) in [7, 11) is 1.93. The van der Waals surface area contributed by atoms with E-state index >= 15 is 0 Å². The van der Waals surface area contributed by atoms with Crippen LogP contribution in [-0.4, -0.2) is 48.7 Å². The van der Waals surface area contributed by atoms with Gasteiger partial charge < -0.3 is 14.3 Å². The highest BCUT2D eigenvalue weighted by atomic mass is 16.5. The Balaban J connectivity index is 1.87. The minimum atomic E-state index is -0.674. The van der Waals surface area contributed by atoms with Crippen LogP contribution in [-0.2, 0) is 11.3 Å². The van der Waals surface area contributed by atoms with Crippen LogP contribution in [0.25, 0.3) is 0 Å². The van der Waals surface area contributed by atoms with E-state index in [2.05, 4.69) is 0 Å². The van der Waals surface area contributed by atoms with Crippen molar-refractivity contribution in [1.29, 1.82) is 0 Å². The van der Waals surface area contributed by atoms with Crippen LogP contribution >= 0.6 is 0 Å². The summed E-state index contributed by atoms with van der Waals surface area (Å²) >= 11 is 0. The van der Waals surface area contributed by atoms with E-state index in [1.54, 1.807) is 12.1 Å². The molecule has 0 spiro atoms. The third-order valence-corrected chi connectivity index (χ3v) is 3.21. The predicted molar refractivity (Wildman–Crippen MR) is 65.4 cm³/mol. The number of ether oxygens (including phenoxy) is 1. The Morgan fingerprint density at radius 1 is 1.44 bits per heavy atom. The Hall–Kier alpha value is -1.17. The maximum Gasteiger partial charge on any atom is 0.185 e. The fourth-order valence-corrected chi connectivity index (χ4v) is 2.28. The second-order valence-corrected chi connectivity index (χ2v) is 4.93. The van der Waals surface area contributed by atoms with Gasteiger partial charge in [-0.2, -0.15) is 0 Å². The average molecular weight is 253 g/mol. The van der Waals surface area contributed by atoms with Crippen LogP contribution < -0.4 is 0 Å². The first-order valence-corrected chi connectivity index (χ1v) is 6.14. The number of carbonyl (C=O) groups is 1. The first-order chi connectivity index (χ1) is 8.61. The van der Waals surface area contributed by atoms with E-state index in [9.17, 15) is 9.90 Å². The minimum absolute atomic E-state index is 0.336. The van der Waals surface area contributed by atoms with Crippen molar-refractivity contribution in [3.8, 4) is 0 Å². The van der Waals surface area contributed by atoms with Gasteiger partial charge in [0.2, 0.25) is 0 Å². The Morgan fingerprint density at radius 2 is 2.17 bits per heavy atom. The fourth-order valence-electron chi connectivity index (χ4n) is 2.28. The van der Waals surface area contributed by atoms with Gasteiger partial charge in [0.15, 0.2) is 12.0 Å². The minimum Gasteiger partial charge on any atom is -0.457 e. The van der Waals surface area contributed by atoms with Crippen molar-refractivity contribution in [2.45, 2.75) is 25.0 Å². The van der Waals surface area contributed by atoms with E-state index in [0.717, 1.165) is 5.76 Å². The Kier molecular flexibility index (Phi) is 4.16. The smallest absolute Gasteiger partial charge is 0.185 e. The number of likely N-dealkylation sites (N-methyl/N-ethyl adjacent to an activating group) is 1. The lowest BCUT2D eigenvalue weighted by molar-refractivity contribution is -0.0782. The second kappa shape index (κ2) is 5.65. The largest absolute Gasteiger partial charge is 0.457 e. The van der Waals surface area contributed by atoms with E-state index in [-0.39, 0.29) is 0 Å². The van der Waals surface area contributed by atoms with Crippen molar-refractivity contribution >= 4 is 6.29 Å². The van der Waals surface area contributed by atoms with Crippen molar-refractivity contribution in [3.05, 3.63) is 23.7 Å². The number of aldehydes is 1. The standard InChI is InChI=1S/C13H19NO4/c1-14(8-11-2-3-12(9-15)18-11)10-13(16)4-6-17-7-5-13/h2-3,9,16H,4-8,10H2,1H3. The molecule has 100 valence electrons. The molecule has 1 fully saturated rings. The molecule has 0 aliphatic carbocycles. The molecule has 1 saturated heterocycles. The number of hydrogen-bond acceptors (Lipinski definition) is 5. The fraction of sp³-hybridized carbons (Fsp3) is 0.615. The highest BCUT2D eigenvalue weighted by Crippen LogP contribution is 2.22. The molecule has 0 bridgehead atoms. The molecule has 2 rings (SSSR count). The predicted octanol–water partition coefficient (Wildman–Crippen LogP) is 1.07. The van der Waals surface area contributed by atoms with Gasteiger partial charge in [0.1, 0.15) is 5.76 Å². The summed E-state index contributed by atoms with van der Waals surface area (Å²) in [5.74, 6) is 1.07. The number of aliphatic hydroxyl groups is 1. The zero-order valence-electron chi connectivity index (χ0n) is 10.6. The highest BCUT2D eigenvalue weighted by molar-refractivity contribution is 5.70. The van der Waals surface area contributed by atoms with Gasteiger partial charge in [0, 0.05) is 32.6 Å². The number of nitrogens with zero attached hydrogens (tertiary/aromatic N) is 1. The summed E-state index contributed by atoms with van der Waals surface area (Å²) in [5.41, 5.74) is -0.674. The molecule has 1 aliphatic rings. The van der Waals surface area contributed by atoms with Gasteiger partial charge in [-0.1, -0.05) is 0 Å². The van der Waals surface area contributed by atoms with E-state index in [0.29, 0.717) is 51.2 Å². The molecule has 0 atom stereocenters. The molecule has 0 aromatic carbocycles. The maximum absolute atomic E-state index is 10.5. The summed E-state index contributed by atoms with van der Waals surface area (Å²) in [4.78, 5) is 12.5. The number of rotatable bonds is 5. The van der Waals surface area contributed by atoms with Crippen LogP contribution in [0.2, 0.25) is 0 Å². The molecule has 0 saturated carbocycles. The molecule has 5 nitrogen and oxygen atoms in total. The van der Waals surface area contributed by atoms with Gasteiger partial charge >= 0.3 is 0 Å². The van der Waals surface area contributed by atoms with Crippen LogP contribution in [0.15, 0.2) is 16.5 Å². The highest BCUT2D eigenvalue weighted by Gasteiger charge is 2.31.